The van der Waals surface area contributed by atoms with E-state index in [4.69, 9.17) is 14.9 Å². The number of aromatic nitrogens is 3. The normalized spacial score (nSPS) is 20.2. The van der Waals surface area contributed by atoms with Gasteiger partial charge in [0.2, 0.25) is 5.91 Å². The van der Waals surface area contributed by atoms with Crippen molar-refractivity contribution in [1.29, 1.82) is 0 Å². The summed E-state index contributed by atoms with van der Waals surface area (Å²) in [5, 5.41) is 20.1. The quantitative estimate of drug-likeness (QED) is 0.417. The van der Waals surface area contributed by atoms with Crippen molar-refractivity contribution in [2.45, 2.75) is 50.3 Å². The Morgan fingerprint density at radius 1 is 1.08 bits per heavy atom. The van der Waals surface area contributed by atoms with Crippen molar-refractivity contribution in [2.75, 3.05) is 16.8 Å². The number of halogens is 4. The highest BCUT2D eigenvalue weighted by Gasteiger charge is 2.52. The first-order chi connectivity index (χ1) is 18.4. The molecule has 2 aromatic heterocycles. The Bertz CT molecular complexity index is 1360. The molecule has 206 valence electrons. The lowest BCUT2D eigenvalue weighted by atomic mass is 9.63. The minimum absolute atomic E-state index is 0.235. The van der Waals surface area contributed by atoms with E-state index in [9.17, 15) is 27.5 Å². The standard InChI is InChI=1S/C24H24FN5O2.C2HF3O2/c1-15-26-11-10-22(27-15)30-12-2-3-19-20(30)8-9-21(29-19)24(13-18(31)14-24)23(32)28-17-6-4-16(25)5-7-17;3-2(4,5)1(6)7/h4-11,18,31H,2-3,12-14H2,1H3,(H,28,32);(H,6,7). The number of aliphatic hydroxyl groups excluding tert-OH is 1. The van der Waals surface area contributed by atoms with E-state index in [0.29, 0.717) is 30.0 Å². The van der Waals surface area contributed by atoms with Crippen LogP contribution in [0.4, 0.5) is 34.8 Å². The zero-order valence-corrected chi connectivity index (χ0v) is 20.7. The lowest BCUT2D eigenvalue weighted by Gasteiger charge is -2.44. The Labute approximate surface area is 220 Å². The molecule has 0 unspecified atom stereocenters. The van der Waals surface area contributed by atoms with Gasteiger partial charge in [-0.15, -0.1) is 0 Å². The molecule has 9 nitrogen and oxygen atoms in total. The van der Waals surface area contributed by atoms with Gasteiger partial charge in [-0.25, -0.2) is 19.2 Å². The summed E-state index contributed by atoms with van der Waals surface area (Å²) < 4.78 is 45.0. The summed E-state index contributed by atoms with van der Waals surface area (Å²) in [6.45, 7) is 2.69. The number of aliphatic carboxylic acids is 1. The zero-order valence-electron chi connectivity index (χ0n) is 20.7. The maximum atomic E-state index is 13.3. The molecule has 0 spiro atoms. The number of benzene rings is 1. The van der Waals surface area contributed by atoms with E-state index in [1.807, 2.05) is 25.1 Å². The van der Waals surface area contributed by atoms with Crippen LogP contribution in [-0.2, 0) is 21.4 Å². The Kier molecular flexibility index (Phi) is 7.82. The number of nitrogens with zero attached hydrogens (tertiary/aromatic N) is 4. The Balaban J connectivity index is 0.000000448. The molecule has 1 amide bonds. The number of pyridine rings is 1. The van der Waals surface area contributed by atoms with Gasteiger partial charge >= 0.3 is 12.1 Å². The monoisotopic (exact) mass is 547 g/mol. The summed E-state index contributed by atoms with van der Waals surface area (Å²) in [6, 6.07) is 11.4. The van der Waals surface area contributed by atoms with E-state index in [2.05, 4.69) is 20.2 Å². The van der Waals surface area contributed by atoms with E-state index in [0.717, 1.165) is 36.6 Å². The number of hydrogen-bond acceptors (Lipinski definition) is 7. The fourth-order valence-corrected chi connectivity index (χ4v) is 4.59. The smallest absolute Gasteiger partial charge is 0.475 e. The van der Waals surface area contributed by atoms with Gasteiger partial charge in [-0.3, -0.25) is 9.78 Å². The summed E-state index contributed by atoms with van der Waals surface area (Å²) in [4.78, 5) is 37.9. The number of alkyl halides is 3. The molecule has 1 aliphatic heterocycles. The van der Waals surface area contributed by atoms with E-state index in [1.165, 1.54) is 24.3 Å². The van der Waals surface area contributed by atoms with Gasteiger partial charge in [0.25, 0.3) is 0 Å². The molecule has 3 aromatic rings. The van der Waals surface area contributed by atoms with Crippen molar-refractivity contribution in [2.24, 2.45) is 0 Å². The van der Waals surface area contributed by atoms with Gasteiger partial charge in [-0.1, -0.05) is 0 Å². The summed E-state index contributed by atoms with van der Waals surface area (Å²) in [6.07, 6.45) is -1.54. The number of fused-ring (bicyclic) bond motifs is 1. The number of carboxylic acid groups (broad SMARTS) is 1. The minimum atomic E-state index is -5.08. The van der Waals surface area contributed by atoms with Crippen molar-refractivity contribution >= 4 is 29.1 Å². The molecular formula is C26H25F4N5O4. The largest absolute Gasteiger partial charge is 0.490 e. The molecule has 1 aromatic carbocycles. The van der Waals surface area contributed by atoms with E-state index in [1.54, 1.807) is 6.20 Å². The number of anilines is 3. The first-order valence-corrected chi connectivity index (χ1v) is 12.0. The molecular weight excluding hydrogens is 522 g/mol. The fraction of sp³-hybridized carbons (Fsp3) is 0.346. The first kappa shape index (κ1) is 27.9. The molecule has 39 heavy (non-hydrogen) atoms. The number of rotatable bonds is 4. The highest BCUT2D eigenvalue weighted by atomic mass is 19.4. The average molecular weight is 548 g/mol. The minimum Gasteiger partial charge on any atom is -0.475 e. The van der Waals surface area contributed by atoms with Gasteiger partial charge in [0.15, 0.2) is 0 Å². The topological polar surface area (TPSA) is 129 Å². The molecule has 3 N–H and O–H groups in total. The van der Waals surface area contributed by atoms with Crippen LogP contribution in [0.25, 0.3) is 0 Å². The van der Waals surface area contributed by atoms with Crippen molar-refractivity contribution in [3.05, 3.63) is 71.7 Å². The third-order valence-corrected chi connectivity index (χ3v) is 6.51. The SMILES string of the molecule is Cc1nccc(N2CCCc3nc(C4(C(=O)Nc5ccc(F)cc5)CC(O)C4)ccc32)n1.O=C(O)C(F)(F)F. The zero-order chi connectivity index (χ0) is 28.4. The summed E-state index contributed by atoms with van der Waals surface area (Å²) in [5.74, 6) is -1.82. The van der Waals surface area contributed by atoms with Crippen LogP contribution in [-0.4, -0.2) is 55.9 Å². The number of carbonyl (C=O) groups is 2. The number of amides is 1. The summed E-state index contributed by atoms with van der Waals surface area (Å²) >= 11 is 0. The van der Waals surface area contributed by atoms with E-state index in [-0.39, 0.29) is 11.7 Å². The predicted molar refractivity (Wildman–Crippen MR) is 132 cm³/mol. The number of aliphatic hydroxyl groups is 1. The van der Waals surface area contributed by atoms with Crippen LogP contribution in [0.3, 0.4) is 0 Å². The molecule has 0 saturated heterocycles. The molecule has 1 fully saturated rings. The molecule has 3 heterocycles. The third kappa shape index (κ3) is 6.14. The van der Waals surface area contributed by atoms with Crippen molar-refractivity contribution in [3.8, 4) is 0 Å². The Morgan fingerprint density at radius 3 is 2.33 bits per heavy atom. The number of carbonyl (C=O) groups excluding carboxylic acids is 1. The number of nitrogens with one attached hydrogen (secondary N) is 1. The van der Waals surface area contributed by atoms with Gasteiger partial charge < -0.3 is 20.4 Å². The van der Waals surface area contributed by atoms with Gasteiger partial charge in [-0.2, -0.15) is 13.2 Å². The van der Waals surface area contributed by atoms with Crippen LogP contribution in [0.5, 0.6) is 0 Å². The van der Waals surface area contributed by atoms with Crippen LogP contribution in [0, 0.1) is 12.7 Å². The van der Waals surface area contributed by atoms with E-state index < -0.39 is 23.7 Å². The summed E-state index contributed by atoms with van der Waals surface area (Å²) in [7, 11) is 0. The maximum absolute atomic E-state index is 13.3. The second-order valence-corrected chi connectivity index (χ2v) is 9.29. The molecule has 2 aliphatic rings. The lowest BCUT2D eigenvalue weighted by Crippen LogP contribution is -2.53. The summed E-state index contributed by atoms with van der Waals surface area (Å²) in [5.41, 5.74) is 2.16. The van der Waals surface area contributed by atoms with Gasteiger partial charge in [0, 0.05) is 18.4 Å². The van der Waals surface area contributed by atoms with Gasteiger partial charge in [-0.05, 0) is 75.1 Å². The highest BCUT2D eigenvalue weighted by Crippen LogP contribution is 2.45. The fourth-order valence-electron chi connectivity index (χ4n) is 4.59. The van der Waals surface area contributed by atoms with Crippen molar-refractivity contribution in [1.82, 2.24) is 15.0 Å². The Hall–Kier alpha value is -4.13. The molecule has 0 radical (unpaired) electrons. The third-order valence-electron chi connectivity index (χ3n) is 6.51. The number of aryl methyl sites for hydroxylation is 2. The van der Waals surface area contributed by atoms with Gasteiger partial charge in [0.05, 0.1) is 28.6 Å². The van der Waals surface area contributed by atoms with Gasteiger partial charge in [0.1, 0.15) is 17.5 Å². The molecule has 1 saturated carbocycles. The van der Waals surface area contributed by atoms with Crippen molar-refractivity contribution in [3.63, 3.8) is 0 Å². The Morgan fingerprint density at radius 2 is 1.74 bits per heavy atom. The maximum Gasteiger partial charge on any atom is 0.490 e. The average Bonchev–Trinajstić information content (AvgIpc) is 2.87. The molecule has 0 atom stereocenters. The first-order valence-electron chi connectivity index (χ1n) is 12.0. The molecule has 1 aliphatic carbocycles. The number of hydrogen-bond donors (Lipinski definition) is 3. The molecule has 5 rings (SSSR count). The molecule has 13 heteroatoms. The molecule has 0 bridgehead atoms. The van der Waals surface area contributed by atoms with E-state index >= 15 is 0 Å². The van der Waals surface area contributed by atoms with Crippen LogP contribution in [0.1, 0.15) is 36.5 Å². The van der Waals surface area contributed by atoms with Crippen LogP contribution < -0.4 is 10.2 Å². The predicted octanol–water partition coefficient (Wildman–Crippen LogP) is 4.07. The number of carboxylic acids is 1. The van der Waals surface area contributed by atoms with Crippen LogP contribution in [0.2, 0.25) is 0 Å². The second kappa shape index (κ2) is 10.9. The van der Waals surface area contributed by atoms with Crippen LogP contribution >= 0.6 is 0 Å². The lowest BCUT2D eigenvalue weighted by molar-refractivity contribution is -0.192. The second-order valence-electron chi connectivity index (χ2n) is 9.29. The van der Waals surface area contributed by atoms with Crippen LogP contribution in [0.15, 0.2) is 48.7 Å². The highest BCUT2D eigenvalue weighted by molar-refractivity contribution is 6.00. The van der Waals surface area contributed by atoms with Crippen molar-refractivity contribution < 1.29 is 37.4 Å².